The third-order valence-corrected chi connectivity index (χ3v) is 6.93. The van der Waals surface area contributed by atoms with Crippen LogP contribution in [0.3, 0.4) is 0 Å². The first-order valence-corrected chi connectivity index (χ1v) is 10.8. The number of benzene rings is 2. The molecule has 0 aliphatic rings. The van der Waals surface area contributed by atoms with Crippen LogP contribution >= 0.6 is 23.1 Å². The highest BCUT2D eigenvalue weighted by atomic mass is 32.2. The minimum atomic E-state index is 0.688. The summed E-state index contributed by atoms with van der Waals surface area (Å²) in [6.45, 7) is 6.44. The number of aromatic nitrogens is 2. The van der Waals surface area contributed by atoms with Crippen molar-refractivity contribution in [2.45, 2.75) is 31.6 Å². The van der Waals surface area contributed by atoms with Gasteiger partial charge in [-0.25, -0.2) is 9.97 Å². The number of thiophene rings is 1. The molecular formula is C23H19N3S2. The molecule has 0 aliphatic heterocycles. The lowest BCUT2D eigenvalue weighted by atomic mass is 9.99. The lowest BCUT2D eigenvalue weighted by Crippen LogP contribution is -1.89. The average Bonchev–Trinajstić information content (AvgIpc) is 3.05. The van der Waals surface area contributed by atoms with E-state index in [4.69, 9.17) is 5.26 Å². The van der Waals surface area contributed by atoms with E-state index < -0.39 is 0 Å². The van der Waals surface area contributed by atoms with Crippen molar-refractivity contribution in [3.63, 3.8) is 0 Å². The Morgan fingerprint density at radius 1 is 1.04 bits per heavy atom. The van der Waals surface area contributed by atoms with E-state index in [1.165, 1.54) is 27.1 Å². The van der Waals surface area contributed by atoms with Crippen LogP contribution in [0.5, 0.6) is 0 Å². The summed E-state index contributed by atoms with van der Waals surface area (Å²) in [6.07, 6.45) is 1.65. The van der Waals surface area contributed by atoms with Gasteiger partial charge in [-0.15, -0.1) is 23.1 Å². The van der Waals surface area contributed by atoms with Gasteiger partial charge in [-0.2, -0.15) is 5.26 Å². The molecule has 0 aliphatic carbocycles. The predicted octanol–water partition coefficient (Wildman–Crippen LogP) is 6.45. The maximum Gasteiger partial charge on any atom is 0.128 e. The number of nitriles is 1. The normalized spacial score (nSPS) is 10.9. The molecule has 0 saturated carbocycles. The van der Waals surface area contributed by atoms with E-state index in [0.29, 0.717) is 5.56 Å². The second-order valence-corrected chi connectivity index (χ2v) is 8.96. The molecule has 4 aromatic rings. The van der Waals surface area contributed by atoms with Crippen molar-refractivity contribution in [3.05, 3.63) is 75.9 Å². The number of rotatable bonds is 4. The number of fused-ring (bicyclic) bond motifs is 1. The summed E-state index contributed by atoms with van der Waals surface area (Å²) >= 11 is 3.42. The van der Waals surface area contributed by atoms with Gasteiger partial charge in [0.15, 0.2) is 0 Å². The Balaban J connectivity index is 1.77. The third-order valence-electron chi connectivity index (χ3n) is 4.86. The van der Waals surface area contributed by atoms with Crippen LogP contribution in [0.15, 0.2) is 53.8 Å². The molecule has 2 aromatic carbocycles. The van der Waals surface area contributed by atoms with Crippen LogP contribution in [0.4, 0.5) is 0 Å². The summed E-state index contributed by atoms with van der Waals surface area (Å²) in [5, 5.41) is 11.2. The zero-order valence-electron chi connectivity index (χ0n) is 16.0. The second kappa shape index (κ2) is 7.75. The van der Waals surface area contributed by atoms with E-state index >= 15 is 0 Å². The number of nitrogens with zero attached hydrogens (tertiary/aromatic N) is 3. The highest BCUT2D eigenvalue weighted by Crippen LogP contribution is 2.42. The van der Waals surface area contributed by atoms with Crippen LogP contribution in [-0.4, -0.2) is 9.97 Å². The van der Waals surface area contributed by atoms with Crippen molar-refractivity contribution in [3.8, 4) is 17.2 Å². The minimum absolute atomic E-state index is 0.688. The van der Waals surface area contributed by atoms with Gasteiger partial charge in [0.1, 0.15) is 16.2 Å². The molecule has 0 unspecified atom stereocenters. The summed E-state index contributed by atoms with van der Waals surface area (Å²) in [7, 11) is 0. The van der Waals surface area contributed by atoms with Crippen molar-refractivity contribution in [1.29, 1.82) is 5.26 Å². The molecule has 0 spiro atoms. The first kappa shape index (κ1) is 18.7. The van der Waals surface area contributed by atoms with Crippen LogP contribution in [-0.2, 0) is 5.75 Å². The maximum absolute atomic E-state index is 9.12. The lowest BCUT2D eigenvalue weighted by molar-refractivity contribution is 1.11. The zero-order valence-corrected chi connectivity index (χ0v) is 17.6. The molecule has 0 saturated heterocycles. The van der Waals surface area contributed by atoms with Crippen molar-refractivity contribution < 1.29 is 0 Å². The molecule has 3 nitrogen and oxygen atoms in total. The first-order chi connectivity index (χ1) is 13.6. The average molecular weight is 402 g/mol. The molecule has 0 bridgehead atoms. The molecule has 0 fully saturated rings. The van der Waals surface area contributed by atoms with Gasteiger partial charge in [-0.3, -0.25) is 0 Å². The number of hydrogen-bond donors (Lipinski definition) is 0. The fourth-order valence-electron chi connectivity index (χ4n) is 3.25. The van der Waals surface area contributed by atoms with Crippen LogP contribution < -0.4 is 0 Å². The highest BCUT2D eigenvalue weighted by Gasteiger charge is 2.17. The van der Waals surface area contributed by atoms with Crippen LogP contribution in [0.25, 0.3) is 21.3 Å². The van der Waals surface area contributed by atoms with E-state index in [1.807, 2.05) is 18.2 Å². The maximum atomic E-state index is 9.12. The summed E-state index contributed by atoms with van der Waals surface area (Å²) in [5.74, 6) is 0.767. The molecule has 138 valence electrons. The zero-order chi connectivity index (χ0) is 19.7. The van der Waals surface area contributed by atoms with Gasteiger partial charge >= 0.3 is 0 Å². The molecule has 0 radical (unpaired) electrons. The molecule has 4 rings (SSSR count). The van der Waals surface area contributed by atoms with Gasteiger partial charge in [-0.1, -0.05) is 30.3 Å². The summed E-state index contributed by atoms with van der Waals surface area (Å²) in [5.41, 5.74) is 6.84. The van der Waals surface area contributed by atoms with E-state index in [1.54, 1.807) is 29.4 Å². The SMILES string of the molecule is Cc1ccc(-c2c(C)sc3ncnc(SCc4cccc(C#N)c4)c23)cc1C. The number of aryl methyl sites for hydroxylation is 3. The molecule has 28 heavy (non-hydrogen) atoms. The minimum Gasteiger partial charge on any atom is -0.229 e. The molecule has 0 N–H and O–H groups in total. The third kappa shape index (κ3) is 3.54. The fourth-order valence-corrected chi connectivity index (χ4v) is 5.28. The molecule has 0 atom stereocenters. The van der Waals surface area contributed by atoms with Gasteiger partial charge in [0.05, 0.1) is 17.0 Å². The Labute approximate surface area is 173 Å². The fraction of sp³-hybridized carbons (Fsp3) is 0.174. The second-order valence-electron chi connectivity index (χ2n) is 6.79. The van der Waals surface area contributed by atoms with Crippen molar-refractivity contribution in [1.82, 2.24) is 9.97 Å². The van der Waals surface area contributed by atoms with Crippen molar-refractivity contribution >= 4 is 33.3 Å². The van der Waals surface area contributed by atoms with Gasteiger partial charge in [0.2, 0.25) is 0 Å². The first-order valence-electron chi connectivity index (χ1n) is 9.00. The van der Waals surface area contributed by atoms with E-state index in [2.05, 4.69) is 61.1 Å². The molecular weight excluding hydrogens is 382 g/mol. The Morgan fingerprint density at radius 2 is 1.89 bits per heavy atom. The smallest absolute Gasteiger partial charge is 0.128 e. The van der Waals surface area contributed by atoms with E-state index in [9.17, 15) is 0 Å². The van der Waals surface area contributed by atoms with Crippen molar-refractivity contribution in [2.24, 2.45) is 0 Å². The summed E-state index contributed by atoms with van der Waals surface area (Å²) < 4.78 is 0. The monoisotopic (exact) mass is 401 g/mol. The molecule has 0 amide bonds. The quantitative estimate of drug-likeness (QED) is 0.291. The highest BCUT2D eigenvalue weighted by molar-refractivity contribution is 7.98. The Kier molecular flexibility index (Phi) is 5.17. The van der Waals surface area contributed by atoms with Gasteiger partial charge in [-0.05, 0) is 55.2 Å². The number of hydrogen-bond acceptors (Lipinski definition) is 5. The predicted molar refractivity (Wildman–Crippen MR) is 118 cm³/mol. The standard InChI is InChI=1S/C23H19N3S2/c1-14-7-8-19(9-15(14)2)20-16(3)28-23-21(20)22(25-13-26-23)27-12-18-6-4-5-17(10-18)11-24/h4-10,13H,12H2,1-3H3. The lowest BCUT2D eigenvalue weighted by Gasteiger charge is -2.08. The van der Waals surface area contributed by atoms with Gasteiger partial charge in [0, 0.05) is 16.2 Å². The largest absolute Gasteiger partial charge is 0.229 e. The summed E-state index contributed by atoms with van der Waals surface area (Å²) in [6, 6.07) is 16.6. The Morgan fingerprint density at radius 3 is 2.68 bits per heavy atom. The molecule has 2 aromatic heterocycles. The molecule has 2 heterocycles. The molecule has 5 heteroatoms. The van der Waals surface area contributed by atoms with E-state index in [0.717, 1.165) is 26.6 Å². The Bertz CT molecular complexity index is 1220. The topological polar surface area (TPSA) is 49.6 Å². The van der Waals surface area contributed by atoms with Gasteiger partial charge in [0.25, 0.3) is 0 Å². The Hall–Kier alpha value is -2.68. The van der Waals surface area contributed by atoms with Crippen molar-refractivity contribution in [2.75, 3.05) is 0 Å². The van der Waals surface area contributed by atoms with Crippen LogP contribution in [0, 0.1) is 32.1 Å². The van der Waals surface area contributed by atoms with Crippen LogP contribution in [0.2, 0.25) is 0 Å². The van der Waals surface area contributed by atoms with Crippen LogP contribution in [0.1, 0.15) is 27.1 Å². The summed E-state index contributed by atoms with van der Waals surface area (Å²) in [4.78, 5) is 11.4. The number of thioether (sulfide) groups is 1. The van der Waals surface area contributed by atoms with Gasteiger partial charge < -0.3 is 0 Å². The van der Waals surface area contributed by atoms with E-state index in [-0.39, 0.29) is 0 Å².